The number of ether oxygens (including phenoxy) is 2. The minimum Gasteiger partial charge on any atom is -0.494 e. The number of hydrogen-bond donors (Lipinski definition) is 0. The molecular weight excluding hydrogens is 396 g/mol. The van der Waals surface area contributed by atoms with Crippen LogP contribution in [0.2, 0.25) is 5.02 Å². The molecule has 144 valence electrons. The summed E-state index contributed by atoms with van der Waals surface area (Å²) in [5.74, 6) is 1.50. The first kappa shape index (κ1) is 18.8. The van der Waals surface area contributed by atoms with Crippen molar-refractivity contribution >= 4 is 34.5 Å². The predicted octanol–water partition coefficient (Wildman–Crippen LogP) is 5.05. The van der Waals surface area contributed by atoms with Crippen LogP contribution < -0.4 is 14.4 Å². The third-order valence-corrected chi connectivity index (χ3v) is 5.33. The van der Waals surface area contributed by atoms with Gasteiger partial charge in [-0.15, -0.1) is 11.3 Å². The van der Waals surface area contributed by atoms with E-state index in [4.69, 9.17) is 21.1 Å². The van der Waals surface area contributed by atoms with Crippen molar-refractivity contribution in [2.45, 2.75) is 12.8 Å². The average molecular weight is 415 g/mol. The summed E-state index contributed by atoms with van der Waals surface area (Å²) in [4.78, 5) is 18.6. The zero-order chi connectivity index (χ0) is 19.3. The highest BCUT2D eigenvalue weighted by Gasteiger charge is 2.25. The first-order chi connectivity index (χ1) is 13.7. The summed E-state index contributed by atoms with van der Waals surface area (Å²) in [6.07, 6.45) is 1.67. The van der Waals surface area contributed by atoms with Crippen molar-refractivity contribution in [2.75, 3.05) is 24.7 Å². The Morgan fingerprint density at radius 2 is 2.04 bits per heavy atom. The summed E-state index contributed by atoms with van der Waals surface area (Å²) in [7, 11) is 0. The van der Waals surface area contributed by atoms with Crippen LogP contribution in [0.3, 0.4) is 0 Å². The summed E-state index contributed by atoms with van der Waals surface area (Å²) in [6, 6.07) is 13.2. The molecule has 5 nitrogen and oxygen atoms in total. The molecule has 1 amide bonds. The molecule has 0 saturated heterocycles. The normalized spacial score (nSPS) is 13.2. The Labute approximate surface area is 172 Å². The summed E-state index contributed by atoms with van der Waals surface area (Å²) < 4.78 is 11.3. The first-order valence-corrected chi connectivity index (χ1v) is 10.4. The third kappa shape index (κ3) is 4.29. The molecule has 1 aliphatic heterocycles. The summed E-state index contributed by atoms with van der Waals surface area (Å²) in [6.45, 7) is 1.29. The fourth-order valence-corrected chi connectivity index (χ4v) is 3.74. The second kappa shape index (κ2) is 8.63. The van der Waals surface area contributed by atoms with Crippen molar-refractivity contribution in [2.24, 2.45) is 0 Å². The van der Waals surface area contributed by atoms with Gasteiger partial charge in [0.15, 0.2) is 6.61 Å². The van der Waals surface area contributed by atoms with E-state index in [1.807, 2.05) is 35.7 Å². The molecule has 2 aromatic carbocycles. The number of nitrogens with zero attached hydrogens (tertiary/aromatic N) is 2. The molecule has 1 aliphatic rings. The standard InChI is InChI=1S/C21H19ClN2O3S/c22-16-4-6-17(7-5-16)26-10-2-1-9-24-19-11-15(18-13-28-14-23-18)3-8-20(19)27-12-21(24)25/h3-8,11,13-14H,1-2,9-10,12H2. The van der Waals surface area contributed by atoms with Crippen LogP contribution in [0.25, 0.3) is 11.3 Å². The van der Waals surface area contributed by atoms with E-state index in [1.54, 1.807) is 33.9 Å². The molecule has 0 saturated carbocycles. The summed E-state index contributed by atoms with van der Waals surface area (Å²) in [5.41, 5.74) is 4.49. The first-order valence-electron chi connectivity index (χ1n) is 9.05. The Kier molecular flexibility index (Phi) is 5.78. The highest BCUT2D eigenvalue weighted by atomic mass is 35.5. The Morgan fingerprint density at radius 3 is 2.82 bits per heavy atom. The molecule has 28 heavy (non-hydrogen) atoms. The smallest absolute Gasteiger partial charge is 0.265 e. The van der Waals surface area contributed by atoms with Crippen molar-refractivity contribution in [1.29, 1.82) is 0 Å². The van der Waals surface area contributed by atoms with E-state index < -0.39 is 0 Å². The van der Waals surface area contributed by atoms with E-state index in [1.165, 1.54) is 0 Å². The molecule has 0 unspecified atom stereocenters. The number of hydrogen-bond acceptors (Lipinski definition) is 5. The number of anilines is 1. The Bertz CT molecular complexity index is 945. The number of rotatable bonds is 7. The zero-order valence-corrected chi connectivity index (χ0v) is 16.7. The van der Waals surface area contributed by atoms with Crippen LogP contribution in [0.1, 0.15) is 12.8 Å². The molecule has 3 aromatic rings. The minimum absolute atomic E-state index is 0.0263. The fraction of sp³-hybridized carbons (Fsp3) is 0.238. The van der Waals surface area contributed by atoms with Gasteiger partial charge in [0.05, 0.1) is 23.5 Å². The second-order valence-electron chi connectivity index (χ2n) is 6.40. The van der Waals surface area contributed by atoms with Gasteiger partial charge < -0.3 is 14.4 Å². The second-order valence-corrected chi connectivity index (χ2v) is 7.55. The molecule has 0 fully saturated rings. The quantitative estimate of drug-likeness (QED) is 0.508. The number of aromatic nitrogens is 1. The van der Waals surface area contributed by atoms with Gasteiger partial charge in [-0.2, -0.15) is 0 Å². The van der Waals surface area contributed by atoms with Crippen LogP contribution in [-0.4, -0.2) is 30.6 Å². The number of halogens is 1. The van der Waals surface area contributed by atoms with Gasteiger partial charge in [0.1, 0.15) is 11.5 Å². The molecule has 7 heteroatoms. The van der Waals surface area contributed by atoms with Gasteiger partial charge in [0.25, 0.3) is 5.91 Å². The zero-order valence-electron chi connectivity index (χ0n) is 15.1. The number of carbonyl (C=O) groups is 1. The number of carbonyl (C=O) groups excluding carboxylic acids is 1. The van der Waals surface area contributed by atoms with E-state index in [-0.39, 0.29) is 12.5 Å². The van der Waals surface area contributed by atoms with Gasteiger partial charge in [-0.1, -0.05) is 11.6 Å². The van der Waals surface area contributed by atoms with Gasteiger partial charge in [-0.05, 0) is 55.3 Å². The van der Waals surface area contributed by atoms with E-state index >= 15 is 0 Å². The molecule has 4 rings (SSSR count). The van der Waals surface area contributed by atoms with Crippen LogP contribution in [0, 0.1) is 0 Å². The van der Waals surface area contributed by atoms with Crippen molar-refractivity contribution in [3.05, 3.63) is 58.4 Å². The Morgan fingerprint density at radius 1 is 1.18 bits per heavy atom. The van der Waals surface area contributed by atoms with Crippen LogP contribution in [0.15, 0.2) is 53.4 Å². The van der Waals surface area contributed by atoms with Crippen molar-refractivity contribution in [3.63, 3.8) is 0 Å². The van der Waals surface area contributed by atoms with Gasteiger partial charge >= 0.3 is 0 Å². The van der Waals surface area contributed by atoms with Gasteiger partial charge in [-0.25, -0.2) is 4.98 Å². The third-order valence-electron chi connectivity index (χ3n) is 4.49. The Hall–Kier alpha value is -2.57. The highest BCUT2D eigenvalue weighted by molar-refractivity contribution is 7.07. The van der Waals surface area contributed by atoms with Crippen molar-refractivity contribution in [3.8, 4) is 22.8 Å². The number of unbranched alkanes of at least 4 members (excludes halogenated alkanes) is 1. The molecule has 1 aromatic heterocycles. The topological polar surface area (TPSA) is 51.7 Å². The van der Waals surface area contributed by atoms with Crippen molar-refractivity contribution < 1.29 is 14.3 Å². The summed E-state index contributed by atoms with van der Waals surface area (Å²) >= 11 is 7.42. The molecule has 0 aliphatic carbocycles. The van der Waals surface area contributed by atoms with Gasteiger partial charge in [-0.3, -0.25) is 4.79 Å². The van der Waals surface area contributed by atoms with Crippen LogP contribution in [0.5, 0.6) is 11.5 Å². The molecule has 2 heterocycles. The molecule has 0 radical (unpaired) electrons. The highest BCUT2D eigenvalue weighted by Crippen LogP contribution is 2.36. The maximum Gasteiger partial charge on any atom is 0.265 e. The average Bonchev–Trinajstić information content (AvgIpc) is 3.25. The molecule has 0 atom stereocenters. The largest absolute Gasteiger partial charge is 0.494 e. The van der Waals surface area contributed by atoms with Crippen LogP contribution in [0.4, 0.5) is 5.69 Å². The monoisotopic (exact) mass is 414 g/mol. The van der Waals surface area contributed by atoms with E-state index in [2.05, 4.69) is 4.98 Å². The SMILES string of the molecule is O=C1COc2ccc(-c3cscn3)cc2N1CCCCOc1ccc(Cl)cc1. The minimum atomic E-state index is -0.0263. The van der Waals surface area contributed by atoms with Crippen LogP contribution >= 0.6 is 22.9 Å². The summed E-state index contributed by atoms with van der Waals surface area (Å²) in [5, 5.41) is 2.68. The molecular formula is C21H19ClN2O3S. The lowest BCUT2D eigenvalue weighted by atomic mass is 10.1. The maximum absolute atomic E-state index is 12.4. The van der Waals surface area contributed by atoms with Crippen molar-refractivity contribution in [1.82, 2.24) is 4.98 Å². The number of benzene rings is 2. The number of amides is 1. The van der Waals surface area contributed by atoms with Gasteiger partial charge in [0.2, 0.25) is 0 Å². The lowest BCUT2D eigenvalue weighted by Gasteiger charge is -2.29. The van der Waals surface area contributed by atoms with E-state index in [0.29, 0.717) is 18.2 Å². The fourth-order valence-electron chi connectivity index (χ4n) is 3.05. The number of thiazole rings is 1. The van der Waals surface area contributed by atoms with E-state index in [9.17, 15) is 4.79 Å². The molecule has 0 spiro atoms. The molecule has 0 N–H and O–H groups in total. The Balaban J connectivity index is 1.37. The maximum atomic E-state index is 12.4. The number of fused-ring (bicyclic) bond motifs is 1. The van der Waals surface area contributed by atoms with Crippen LogP contribution in [-0.2, 0) is 4.79 Å². The molecule has 0 bridgehead atoms. The van der Waals surface area contributed by atoms with Gasteiger partial charge in [0, 0.05) is 22.5 Å². The predicted molar refractivity (Wildman–Crippen MR) is 112 cm³/mol. The van der Waals surface area contributed by atoms with E-state index in [0.717, 1.165) is 41.3 Å². The lowest BCUT2D eigenvalue weighted by Crippen LogP contribution is -2.39. The lowest BCUT2D eigenvalue weighted by molar-refractivity contribution is -0.121.